The van der Waals surface area contributed by atoms with Crippen LogP contribution in [0.4, 0.5) is 0 Å². The summed E-state index contributed by atoms with van der Waals surface area (Å²) in [4.78, 5) is 0. The van der Waals surface area contributed by atoms with Crippen LogP contribution in [0.2, 0.25) is 5.54 Å². The van der Waals surface area contributed by atoms with Gasteiger partial charge in [-0.05, 0) is 6.42 Å². The Morgan fingerprint density at radius 3 is 2.75 bits per heavy atom. The van der Waals surface area contributed by atoms with Gasteiger partial charge in [0.1, 0.15) is 0 Å². The Kier molecular flexibility index (Phi) is 5.07. The lowest BCUT2D eigenvalue weighted by molar-refractivity contribution is 0.727. The molecular formula is C7H16Si. The normalized spacial score (nSPS) is 13.6. The maximum absolute atomic E-state index is 3.71. The Labute approximate surface area is 55.4 Å². The fourth-order valence-corrected chi connectivity index (χ4v) is 1.81. The van der Waals surface area contributed by atoms with Crippen molar-refractivity contribution in [2.45, 2.75) is 31.7 Å². The van der Waals surface area contributed by atoms with Gasteiger partial charge >= 0.3 is 0 Å². The van der Waals surface area contributed by atoms with Crippen molar-refractivity contribution in [2.24, 2.45) is 0 Å². The van der Waals surface area contributed by atoms with Crippen molar-refractivity contribution in [3.05, 3.63) is 12.7 Å². The maximum atomic E-state index is 3.71. The molecule has 0 aromatic rings. The molecule has 0 aliphatic heterocycles. The molecule has 1 unspecified atom stereocenters. The van der Waals surface area contributed by atoms with Crippen LogP contribution in [0.5, 0.6) is 0 Å². The molecule has 0 nitrogen and oxygen atoms in total. The summed E-state index contributed by atoms with van der Waals surface area (Å²) in [6.07, 6.45) is 6.01. The molecule has 8 heavy (non-hydrogen) atoms. The van der Waals surface area contributed by atoms with Gasteiger partial charge in [-0.1, -0.05) is 31.4 Å². The van der Waals surface area contributed by atoms with E-state index in [4.69, 9.17) is 0 Å². The van der Waals surface area contributed by atoms with Gasteiger partial charge in [0.25, 0.3) is 0 Å². The molecule has 0 aromatic heterocycles. The highest BCUT2D eigenvalue weighted by molar-refractivity contribution is 6.11. The Balaban J connectivity index is 3.03. The minimum atomic E-state index is 0.984. The largest absolute Gasteiger partial charge is 0.103 e. The fraction of sp³-hybridized carbons (Fsp3) is 0.714. The van der Waals surface area contributed by atoms with Gasteiger partial charge in [0.15, 0.2) is 0 Å². The second kappa shape index (κ2) is 5.10. The lowest BCUT2D eigenvalue weighted by Crippen LogP contribution is -1.87. The van der Waals surface area contributed by atoms with E-state index in [2.05, 4.69) is 13.5 Å². The van der Waals surface area contributed by atoms with Gasteiger partial charge in [0.2, 0.25) is 0 Å². The molecule has 0 amide bonds. The molecule has 0 fully saturated rings. The van der Waals surface area contributed by atoms with Crippen LogP contribution in [-0.2, 0) is 0 Å². The van der Waals surface area contributed by atoms with Crippen LogP contribution in [0.1, 0.15) is 26.2 Å². The maximum Gasteiger partial charge on any atom is 0.00712 e. The monoisotopic (exact) mass is 128 g/mol. The van der Waals surface area contributed by atoms with Gasteiger partial charge in [0.05, 0.1) is 0 Å². The summed E-state index contributed by atoms with van der Waals surface area (Å²) in [5.41, 5.74) is 0.984. The zero-order chi connectivity index (χ0) is 6.41. The first kappa shape index (κ1) is 7.96. The van der Waals surface area contributed by atoms with Gasteiger partial charge in [-0.3, -0.25) is 0 Å². The molecule has 0 saturated carbocycles. The summed E-state index contributed by atoms with van der Waals surface area (Å²) >= 11 is 0. The minimum Gasteiger partial charge on any atom is -0.103 e. The van der Waals surface area contributed by atoms with Crippen molar-refractivity contribution in [3.8, 4) is 0 Å². The summed E-state index contributed by atoms with van der Waals surface area (Å²) in [5.74, 6) is 0. The topological polar surface area (TPSA) is 0 Å². The van der Waals surface area contributed by atoms with Crippen LogP contribution in [0.25, 0.3) is 0 Å². The summed E-state index contributed by atoms with van der Waals surface area (Å²) in [7, 11) is 1.34. The molecule has 0 spiro atoms. The van der Waals surface area contributed by atoms with E-state index in [-0.39, 0.29) is 0 Å². The van der Waals surface area contributed by atoms with E-state index in [1.807, 2.05) is 6.08 Å². The van der Waals surface area contributed by atoms with E-state index >= 15 is 0 Å². The first-order valence-electron chi connectivity index (χ1n) is 3.42. The van der Waals surface area contributed by atoms with Crippen molar-refractivity contribution < 1.29 is 0 Å². The molecule has 0 aromatic carbocycles. The SMILES string of the molecule is C=CCC([SiH3])CCC. The van der Waals surface area contributed by atoms with E-state index in [0.717, 1.165) is 5.54 Å². The van der Waals surface area contributed by atoms with Gasteiger partial charge in [-0.2, -0.15) is 0 Å². The standard InChI is InChI=1S/C7H16Si/c1-3-5-7(8)6-4-2/h3,7H,1,4-6H2,2,8H3. The van der Waals surface area contributed by atoms with Crippen LogP contribution < -0.4 is 0 Å². The Bertz CT molecular complexity index is 59.4. The molecular weight excluding hydrogens is 112 g/mol. The van der Waals surface area contributed by atoms with Gasteiger partial charge in [-0.25, -0.2) is 0 Å². The first-order chi connectivity index (χ1) is 3.81. The van der Waals surface area contributed by atoms with Crippen molar-refractivity contribution >= 4 is 10.2 Å². The summed E-state index contributed by atoms with van der Waals surface area (Å²) < 4.78 is 0. The minimum absolute atomic E-state index is 0.984. The number of rotatable bonds is 4. The molecule has 0 aliphatic carbocycles. The first-order valence-corrected chi connectivity index (χ1v) is 4.57. The van der Waals surface area contributed by atoms with E-state index in [0.29, 0.717) is 0 Å². The molecule has 0 radical (unpaired) electrons. The molecule has 0 N–H and O–H groups in total. The van der Waals surface area contributed by atoms with Crippen LogP contribution in [0.3, 0.4) is 0 Å². The smallest absolute Gasteiger partial charge is 0.00712 e. The zero-order valence-electron chi connectivity index (χ0n) is 5.98. The van der Waals surface area contributed by atoms with Crippen molar-refractivity contribution in [2.75, 3.05) is 0 Å². The van der Waals surface area contributed by atoms with Crippen LogP contribution in [-0.4, -0.2) is 10.2 Å². The third-order valence-corrected chi connectivity index (χ3v) is 2.40. The fourth-order valence-electron chi connectivity index (χ4n) is 0.895. The van der Waals surface area contributed by atoms with E-state index in [1.165, 1.54) is 29.5 Å². The van der Waals surface area contributed by atoms with Crippen LogP contribution >= 0.6 is 0 Å². The van der Waals surface area contributed by atoms with E-state index < -0.39 is 0 Å². The van der Waals surface area contributed by atoms with Gasteiger partial charge in [0, 0.05) is 10.2 Å². The number of hydrogen-bond donors (Lipinski definition) is 0. The van der Waals surface area contributed by atoms with Gasteiger partial charge in [-0.15, -0.1) is 6.58 Å². The molecule has 48 valence electrons. The predicted molar refractivity (Wildman–Crippen MR) is 43.4 cm³/mol. The Morgan fingerprint density at radius 1 is 1.75 bits per heavy atom. The Hall–Kier alpha value is -0.0431. The highest BCUT2D eigenvalue weighted by Gasteiger charge is 1.94. The average molecular weight is 128 g/mol. The predicted octanol–water partition coefficient (Wildman–Crippen LogP) is 1.52. The van der Waals surface area contributed by atoms with Crippen LogP contribution in [0.15, 0.2) is 12.7 Å². The van der Waals surface area contributed by atoms with Crippen molar-refractivity contribution in [1.82, 2.24) is 0 Å². The Morgan fingerprint density at radius 2 is 2.38 bits per heavy atom. The van der Waals surface area contributed by atoms with Crippen molar-refractivity contribution in [3.63, 3.8) is 0 Å². The summed E-state index contributed by atoms with van der Waals surface area (Å²) in [6.45, 7) is 5.95. The summed E-state index contributed by atoms with van der Waals surface area (Å²) in [5, 5.41) is 0. The lowest BCUT2D eigenvalue weighted by Gasteiger charge is -2.03. The molecule has 1 heteroatoms. The second-order valence-corrected chi connectivity index (χ2v) is 4.05. The van der Waals surface area contributed by atoms with Crippen LogP contribution in [0, 0.1) is 0 Å². The zero-order valence-corrected chi connectivity index (χ0v) is 7.98. The number of allylic oxidation sites excluding steroid dienone is 1. The molecule has 0 bridgehead atoms. The summed E-state index contributed by atoms with van der Waals surface area (Å²) in [6, 6.07) is 0. The molecule has 0 saturated heterocycles. The average Bonchev–Trinajstić information content (AvgIpc) is 1.68. The highest BCUT2D eigenvalue weighted by Crippen LogP contribution is 2.12. The quantitative estimate of drug-likeness (QED) is 0.398. The van der Waals surface area contributed by atoms with E-state index in [1.54, 1.807) is 0 Å². The highest BCUT2D eigenvalue weighted by atomic mass is 28.1. The lowest BCUT2D eigenvalue weighted by atomic mass is 10.2. The van der Waals surface area contributed by atoms with E-state index in [9.17, 15) is 0 Å². The van der Waals surface area contributed by atoms with Gasteiger partial charge < -0.3 is 0 Å². The number of hydrogen-bond acceptors (Lipinski definition) is 0. The third kappa shape index (κ3) is 4.12. The molecule has 1 atom stereocenters. The van der Waals surface area contributed by atoms with Crippen molar-refractivity contribution in [1.29, 1.82) is 0 Å². The molecule has 0 heterocycles. The molecule has 0 rings (SSSR count). The third-order valence-electron chi connectivity index (χ3n) is 1.35. The second-order valence-electron chi connectivity index (χ2n) is 2.42. The molecule has 0 aliphatic rings.